The third kappa shape index (κ3) is 3.31. The fourth-order valence-electron chi connectivity index (χ4n) is 2.16. The largest absolute Gasteiger partial charge is 0.390 e. The number of aryl methyl sites for hydroxylation is 1. The van der Waals surface area contributed by atoms with Crippen LogP contribution in [-0.2, 0) is 22.1 Å². The van der Waals surface area contributed by atoms with Crippen LogP contribution in [0.25, 0.3) is 0 Å². The molecule has 0 amide bonds. The van der Waals surface area contributed by atoms with E-state index in [9.17, 15) is 13.5 Å². The third-order valence-electron chi connectivity index (χ3n) is 3.21. The standard InChI is InChI=1S/C15H20N2O4S/c1-10-5-7-11(8-6-10)22(19,20)21-14-13(15(2,3)4)12(9-18)16-17-14/h5-8,18H,9H2,1-4H3,(H,16,17). The summed E-state index contributed by atoms with van der Waals surface area (Å²) in [5.41, 5.74) is 1.52. The number of nitrogens with zero attached hydrogens (tertiary/aromatic N) is 1. The molecule has 0 unspecified atom stereocenters. The summed E-state index contributed by atoms with van der Waals surface area (Å²) in [5, 5.41) is 15.9. The molecule has 0 saturated heterocycles. The second-order valence-electron chi connectivity index (χ2n) is 6.14. The van der Waals surface area contributed by atoms with Crippen molar-refractivity contribution in [1.29, 1.82) is 0 Å². The van der Waals surface area contributed by atoms with Crippen LogP contribution in [0, 0.1) is 6.92 Å². The van der Waals surface area contributed by atoms with E-state index in [1.54, 1.807) is 12.1 Å². The molecule has 0 spiro atoms. The molecule has 0 aliphatic rings. The number of aliphatic hydroxyl groups excluding tert-OH is 1. The Labute approximate surface area is 130 Å². The van der Waals surface area contributed by atoms with Crippen molar-refractivity contribution in [2.24, 2.45) is 0 Å². The normalized spacial score (nSPS) is 12.4. The number of hydrogen-bond donors (Lipinski definition) is 2. The first-order chi connectivity index (χ1) is 10.1. The van der Waals surface area contributed by atoms with Crippen LogP contribution in [0.15, 0.2) is 29.2 Å². The smallest absolute Gasteiger partial charge is 0.340 e. The van der Waals surface area contributed by atoms with E-state index in [2.05, 4.69) is 10.2 Å². The van der Waals surface area contributed by atoms with Crippen LogP contribution in [0.4, 0.5) is 0 Å². The zero-order valence-corrected chi connectivity index (χ0v) is 13.9. The number of nitrogens with one attached hydrogen (secondary N) is 1. The van der Waals surface area contributed by atoms with Crippen molar-refractivity contribution >= 4 is 10.1 Å². The number of rotatable bonds is 4. The fraction of sp³-hybridized carbons (Fsp3) is 0.400. The predicted octanol–water partition coefficient (Wildman–Crippen LogP) is 2.28. The Kier molecular flexibility index (Phi) is 4.30. The molecule has 6 nitrogen and oxygen atoms in total. The number of aromatic nitrogens is 2. The number of hydrogen-bond acceptors (Lipinski definition) is 5. The topological polar surface area (TPSA) is 92.3 Å². The van der Waals surface area contributed by atoms with Crippen molar-refractivity contribution < 1.29 is 17.7 Å². The maximum atomic E-state index is 12.4. The summed E-state index contributed by atoms with van der Waals surface area (Å²) < 4.78 is 29.9. The first kappa shape index (κ1) is 16.5. The lowest BCUT2D eigenvalue weighted by molar-refractivity contribution is 0.273. The van der Waals surface area contributed by atoms with Gasteiger partial charge in [-0.05, 0) is 24.5 Å². The van der Waals surface area contributed by atoms with Gasteiger partial charge in [0.2, 0.25) is 0 Å². The summed E-state index contributed by atoms with van der Waals surface area (Å²) >= 11 is 0. The van der Waals surface area contributed by atoms with Crippen molar-refractivity contribution in [3.8, 4) is 5.88 Å². The molecule has 0 radical (unpaired) electrons. The molecule has 2 N–H and O–H groups in total. The molecular weight excluding hydrogens is 304 g/mol. The number of H-pyrrole nitrogens is 1. The van der Waals surface area contributed by atoms with Crippen molar-refractivity contribution in [2.45, 2.75) is 44.6 Å². The van der Waals surface area contributed by atoms with Gasteiger partial charge in [0.15, 0.2) is 0 Å². The Morgan fingerprint density at radius 3 is 2.32 bits per heavy atom. The molecular formula is C15H20N2O4S. The Morgan fingerprint density at radius 2 is 1.82 bits per heavy atom. The Balaban J connectivity index is 2.42. The fourth-order valence-corrected chi connectivity index (χ4v) is 3.06. The summed E-state index contributed by atoms with van der Waals surface area (Å²) in [6, 6.07) is 6.37. The summed E-state index contributed by atoms with van der Waals surface area (Å²) in [6.07, 6.45) is 0. The van der Waals surface area contributed by atoms with Crippen LogP contribution in [-0.4, -0.2) is 23.7 Å². The maximum absolute atomic E-state index is 12.4. The van der Waals surface area contributed by atoms with E-state index in [0.717, 1.165) is 5.56 Å². The van der Waals surface area contributed by atoms with E-state index in [1.807, 2.05) is 27.7 Å². The number of aromatic amines is 1. The molecule has 0 atom stereocenters. The number of aliphatic hydroxyl groups is 1. The first-order valence-electron chi connectivity index (χ1n) is 6.85. The highest BCUT2D eigenvalue weighted by Crippen LogP contribution is 2.34. The molecule has 0 aliphatic carbocycles. The molecule has 0 aliphatic heterocycles. The van der Waals surface area contributed by atoms with Crippen molar-refractivity contribution in [2.75, 3.05) is 0 Å². The molecule has 1 heterocycles. The molecule has 22 heavy (non-hydrogen) atoms. The minimum Gasteiger partial charge on any atom is -0.390 e. The average Bonchev–Trinajstić information content (AvgIpc) is 2.81. The molecule has 0 fully saturated rings. The van der Waals surface area contributed by atoms with Crippen LogP contribution in [0.1, 0.15) is 37.6 Å². The second-order valence-corrected chi connectivity index (χ2v) is 7.69. The van der Waals surface area contributed by atoms with Crippen LogP contribution >= 0.6 is 0 Å². The Morgan fingerprint density at radius 1 is 1.23 bits per heavy atom. The molecule has 1 aromatic heterocycles. The predicted molar refractivity (Wildman–Crippen MR) is 82.2 cm³/mol. The lowest BCUT2D eigenvalue weighted by atomic mass is 9.87. The van der Waals surface area contributed by atoms with E-state index in [-0.39, 0.29) is 17.4 Å². The Bertz CT molecular complexity index is 756. The Hall–Kier alpha value is -1.86. The minimum absolute atomic E-state index is 0.0304. The van der Waals surface area contributed by atoms with Gasteiger partial charge >= 0.3 is 10.1 Å². The van der Waals surface area contributed by atoms with Crippen LogP contribution in [0.2, 0.25) is 0 Å². The highest BCUT2D eigenvalue weighted by molar-refractivity contribution is 7.87. The van der Waals surface area contributed by atoms with Crippen molar-refractivity contribution in [3.05, 3.63) is 41.1 Å². The molecule has 0 bridgehead atoms. The first-order valence-corrected chi connectivity index (χ1v) is 8.25. The quantitative estimate of drug-likeness (QED) is 0.842. The van der Waals surface area contributed by atoms with Crippen molar-refractivity contribution in [3.63, 3.8) is 0 Å². The summed E-state index contributed by atoms with van der Waals surface area (Å²) in [7, 11) is -3.97. The molecule has 2 rings (SSSR count). The zero-order valence-electron chi connectivity index (χ0n) is 13.0. The molecule has 120 valence electrons. The van der Waals surface area contributed by atoms with Gasteiger partial charge in [-0.2, -0.15) is 8.42 Å². The molecule has 2 aromatic rings. The van der Waals surface area contributed by atoms with Gasteiger partial charge in [0.05, 0.1) is 12.3 Å². The highest BCUT2D eigenvalue weighted by atomic mass is 32.2. The summed E-state index contributed by atoms with van der Waals surface area (Å²) in [4.78, 5) is 0.0616. The van der Waals surface area contributed by atoms with Gasteiger partial charge in [-0.25, -0.2) is 0 Å². The van der Waals surface area contributed by atoms with Gasteiger partial charge in [-0.1, -0.05) is 38.5 Å². The van der Waals surface area contributed by atoms with E-state index in [1.165, 1.54) is 12.1 Å². The molecule has 1 aromatic carbocycles. The zero-order chi connectivity index (χ0) is 16.5. The van der Waals surface area contributed by atoms with E-state index < -0.39 is 15.5 Å². The molecule has 0 saturated carbocycles. The average molecular weight is 324 g/mol. The highest BCUT2D eigenvalue weighted by Gasteiger charge is 2.29. The van der Waals surface area contributed by atoms with Gasteiger partial charge in [-0.15, -0.1) is 5.10 Å². The van der Waals surface area contributed by atoms with Crippen LogP contribution < -0.4 is 4.18 Å². The van der Waals surface area contributed by atoms with Gasteiger partial charge < -0.3 is 9.29 Å². The van der Waals surface area contributed by atoms with Gasteiger partial charge in [-0.3, -0.25) is 5.10 Å². The maximum Gasteiger partial charge on any atom is 0.340 e. The lowest BCUT2D eigenvalue weighted by Gasteiger charge is -2.19. The van der Waals surface area contributed by atoms with E-state index in [0.29, 0.717) is 11.3 Å². The van der Waals surface area contributed by atoms with Gasteiger partial charge in [0.1, 0.15) is 4.90 Å². The number of benzene rings is 1. The van der Waals surface area contributed by atoms with E-state index in [4.69, 9.17) is 4.18 Å². The minimum atomic E-state index is -3.97. The van der Waals surface area contributed by atoms with Gasteiger partial charge in [0.25, 0.3) is 5.88 Å². The van der Waals surface area contributed by atoms with Crippen LogP contribution in [0.3, 0.4) is 0 Å². The van der Waals surface area contributed by atoms with E-state index >= 15 is 0 Å². The van der Waals surface area contributed by atoms with Crippen molar-refractivity contribution in [1.82, 2.24) is 10.2 Å². The lowest BCUT2D eigenvalue weighted by Crippen LogP contribution is -2.17. The van der Waals surface area contributed by atoms with Gasteiger partial charge in [0, 0.05) is 5.56 Å². The second kappa shape index (κ2) is 5.73. The monoisotopic (exact) mass is 324 g/mol. The van der Waals surface area contributed by atoms with Crippen LogP contribution in [0.5, 0.6) is 5.88 Å². The third-order valence-corrected chi connectivity index (χ3v) is 4.44. The summed E-state index contributed by atoms with van der Waals surface area (Å²) in [6.45, 7) is 7.27. The SMILES string of the molecule is Cc1ccc(S(=O)(=O)Oc2n[nH]c(CO)c2C(C)(C)C)cc1. The molecule has 7 heteroatoms. The summed E-state index contributed by atoms with van der Waals surface area (Å²) in [5.74, 6) is -0.0304.